The van der Waals surface area contributed by atoms with Gasteiger partial charge < -0.3 is 0 Å². The molecule has 0 rings (SSSR count). The lowest BCUT2D eigenvalue weighted by molar-refractivity contribution is 1.55. The molecule has 0 aromatic rings. The van der Waals surface area contributed by atoms with Crippen molar-refractivity contribution in [3.8, 4) is 0 Å². The van der Waals surface area contributed by atoms with E-state index in [1.165, 1.54) is 0 Å². The third kappa shape index (κ3) is 5.61. The lowest BCUT2D eigenvalue weighted by Crippen LogP contribution is -1.81. The van der Waals surface area contributed by atoms with Gasteiger partial charge >= 0.3 is 0 Å². The summed E-state index contributed by atoms with van der Waals surface area (Å²) in [4.78, 5) is 0. The van der Waals surface area contributed by atoms with E-state index < -0.39 is 0 Å². The van der Waals surface area contributed by atoms with Crippen molar-refractivity contribution in [1.82, 2.24) is 0 Å². The molecule has 0 unspecified atom stereocenters. The zero-order chi connectivity index (χ0) is 12.2. The summed E-state index contributed by atoms with van der Waals surface area (Å²) in [5.41, 5.74) is 2.06. The molecule has 0 saturated carbocycles. The molecule has 0 aromatic heterocycles. The van der Waals surface area contributed by atoms with Crippen molar-refractivity contribution in [1.29, 1.82) is 0 Å². The second kappa shape index (κ2) is 9.47. The molecule has 0 N–H and O–H groups in total. The lowest BCUT2D eigenvalue weighted by Gasteiger charge is -2.01. The fourth-order valence-corrected chi connectivity index (χ4v) is 1.07. The molecule has 0 heterocycles. The van der Waals surface area contributed by atoms with Gasteiger partial charge in [0.2, 0.25) is 0 Å². The van der Waals surface area contributed by atoms with Gasteiger partial charge in [-0.1, -0.05) is 87.1 Å². The van der Waals surface area contributed by atoms with Crippen molar-refractivity contribution < 1.29 is 0 Å². The largest absolute Gasteiger partial charge is 0.0991 e. The summed E-state index contributed by atoms with van der Waals surface area (Å²) >= 11 is 0. The third-order valence-electron chi connectivity index (χ3n) is 1.79. The van der Waals surface area contributed by atoms with Crippen molar-refractivity contribution in [2.45, 2.75) is 0 Å². The Labute approximate surface area is 98.7 Å². The lowest BCUT2D eigenvalue weighted by atomic mass is 10.0. The van der Waals surface area contributed by atoms with Gasteiger partial charge in [0, 0.05) is 0 Å². The van der Waals surface area contributed by atoms with Gasteiger partial charge in [-0.05, 0) is 11.1 Å². The second-order valence-corrected chi connectivity index (χ2v) is 2.90. The van der Waals surface area contributed by atoms with E-state index in [0.717, 1.165) is 11.1 Å². The van der Waals surface area contributed by atoms with Crippen molar-refractivity contribution >= 4 is 0 Å². The van der Waals surface area contributed by atoms with Gasteiger partial charge in [0.15, 0.2) is 0 Å². The van der Waals surface area contributed by atoms with Crippen LogP contribution < -0.4 is 0 Å². The van der Waals surface area contributed by atoms with Crippen LogP contribution >= 0.6 is 0 Å². The van der Waals surface area contributed by atoms with E-state index in [2.05, 4.69) is 26.3 Å². The van der Waals surface area contributed by atoms with Crippen molar-refractivity contribution in [3.05, 3.63) is 98.2 Å². The summed E-state index contributed by atoms with van der Waals surface area (Å²) in [5, 5.41) is 0. The number of hydrogen-bond acceptors (Lipinski definition) is 0. The molecule has 0 aliphatic rings. The van der Waals surface area contributed by atoms with Gasteiger partial charge in [0.1, 0.15) is 0 Å². The van der Waals surface area contributed by atoms with Gasteiger partial charge in [-0.2, -0.15) is 0 Å². The van der Waals surface area contributed by atoms with Gasteiger partial charge in [-0.25, -0.2) is 0 Å². The smallest absolute Gasteiger partial charge is 0.0184 e. The Hall–Kier alpha value is -2.08. The van der Waals surface area contributed by atoms with Crippen LogP contribution in [0, 0.1) is 0 Å². The quantitative estimate of drug-likeness (QED) is 0.534. The van der Waals surface area contributed by atoms with Crippen LogP contribution in [0.25, 0.3) is 0 Å². The second-order valence-electron chi connectivity index (χ2n) is 2.90. The molecule has 0 heteroatoms. The zero-order valence-electron chi connectivity index (χ0n) is 9.60. The summed E-state index contributed by atoms with van der Waals surface area (Å²) < 4.78 is 0. The van der Waals surface area contributed by atoms with Gasteiger partial charge in [0.05, 0.1) is 0 Å². The highest BCUT2D eigenvalue weighted by Gasteiger charge is 1.94. The van der Waals surface area contributed by atoms with Gasteiger partial charge in [0.25, 0.3) is 0 Å². The highest BCUT2D eigenvalue weighted by Crippen LogP contribution is 2.13. The van der Waals surface area contributed by atoms with Crippen LogP contribution in [0.5, 0.6) is 0 Å². The summed E-state index contributed by atoms with van der Waals surface area (Å²) in [6.07, 6.45) is 18.5. The average molecular weight is 210 g/mol. The van der Waals surface area contributed by atoms with Crippen LogP contribution in [-0.2, 0) is 0 Å². The Kier molecular flexibility index (Phi) is 8.24. The molecule has 0 spiro atoms. The Morgan fingerprint density at radius 1 is 0.625 bits per heavy atom. The van der Waals surface area contributed by atoms with Gasteiger partial charge in [-0.3, -0.25) is 0 Å². The van der Waals surface area contributed by atoms with Crippen LogP contribution in [0.2, 0.25) is 0 Å². The Balaban J connectivity index is 5.13. The number of rotatable bonds is 7. The molecule has 0 fully saturated rings. The standard InChI is InChI=1S/C16H18/c1-5-9-11-14-15(8-4)16(12-7-3)13-10-6-2/h5-14H,1-4H2/b11-9-,13-10-,15-14+,16-12?. The maximum absolute atomic E-state index is 3.79. The number of hydrogen-bond donors (Lipinski definition) is 0. The SMILES string of the molecule is C=CC=C(/C=C\C=C)/C(C=C)=C/C=C\C=C. The van der Waals surface area contributed by atoms with Crippen LogP contribution in [0.3, 0.4) is 0 Å². The minimum atomic E-state index is 1.02. The minimum Gasteiger partial charge on any atom is -0.0991 e. The first kappa shape index (κ1) is 13.9. The first-order valence-electron chi connectivity index (χ1n) is 5.04. The summed E-state index contributed by atoms with van der Waals surface area (Å²) in [7, 11) is 0. The van der Waals surface area contributed by atoms with Gasteiger partial charge in [-0.15, -0.1) is 0 Å². The first-order chi connectivity index (χ1) is 7.79. The van der Waals surface area contributed by atoms with E-state index in [1.807, 2.05) is 36.5 Å². The Morgan fingerprint density at radius 2 is 1.31 bits per heavy atom. The molecule has 16 heavy (non-hydrogen) atoms. The minimum absolute atomic E-state index is 1.02. The molecule has 0 bridgehead atoms. The Morgan fingerprint density at radius 3 is 1.81 bits per heavy atom. The predicted octanol–water partition coefficient (Wildman–Crippen LogP) is 4.70. The molecule has 0 aliphatic heterocycles. The number of allylic oxidation sites excluding steroid dienone is 12. The normalized spacial score (nSPS) is 13.0. The molecule has 0 nitrogen and oxygen atoms in total. The molecule has 0 amide bonds. The monoisotopic (exact) mass is 210 g/mol. The zero-order valence-corrected chi connectivity index (χ0v) is 9.60. The fourth-order valence-electron chi connectivity index (χ4n) is 1.07. The maximum atomic E-state index is 3.79. The molecule has 0 aliphatic carbocycles. The molecule has 0 saturated heterocycles. The first-order valence-corrected chi connectivity index (χ1v) is 5.04. The van der Waals surface area contributed by atoms with Crippen LogP contribution in [-0.4, -0.2) is 0 Å². The molecular weight excluding hydrogens is 192 g/mol. The van der Waals surface area contributed by atoms with Crippen LogP contribution in [0.4, 0.5) is 0 Å². The molecular formula is C16H18. The summed E-state index contributed by atoms with van der Waals surface area (Å²) in [6.45, 7) is 14.7. The third-order valence-corrected chi connectivity index (χ3v) is 1.79. The topological polar surface area (TPSA) is 0 Å². The molecule has 0 atom stereocenters. The van der Waals surface area contributed by atoms with Crippen molar-refractivity contribution in [2.75, 3.05) is 0 Å². The molecule has 82 valence electrons. The average Bonchev–Trinajstić information content (AvgIpc) is 2.31. The van der Waals surface area contributed by atoms with Crippen molar-refractivity contribution in [3.63, 3.8) is 0 Å². The van der Waals surface area contributed by atoms with E-state index in [1.54, 1.807) is 24.3 Å². The van der Waals surface area contributed by atoms with E-state index in [-0.39, 0.29) is 0 Å². The Bertz CT molecular complexity index is 371. The van der Waals surface area contributed by atoms with E-state index in [4.69, 9.17) is 0 Å². The highest BCUT2D eigenvalue weighted by molar-refractivity contribution is 5.49. The highest BCUT2D eigenvalue weighted by atomic mass is 14.0. The maximum Gasteiger partial charge on any atom is -0.0184 e. The predicted molar refractivity (Wildman–Crippen MR) is 75.2 cm³/mol. The van der Waals surface area contributed by atoms with E-state index in [0.29, 0.717) is 0 Å². The summed E-state index contributed by atoms with van der Waals surface area (Å²) in [6, 6.07) is 0. The van der Waals surface area contributed by atoms with E-state index >= 15 is 0 Å². The summed E-state index contributed by atoms with van der Waals surface area (Å²) in [5.74, 6) is 0. The van der Waals surface area contributed by atoms with Crippen molar-refractivity contribution in [2.24, 2.45) is 0 Å². The van der Waals surface area contributed by atoms with E-state index in [9.17, 15) is 0 Å². The fraction of sp³-hybridized carbons (Fsp3) is 0. The van der Waals surface area contributed by atoms with Crippen LogP contribution in [0.1, 0.15) is 0 Å². The molecule has 0 radical (unpaired) electrons. The molecule has 0 aromatic carbocycles. The van der Waals surface area contributed by atoms with Crippen LogP contribution in [0.15, 0.2) is 98.2 Å².